The summed E-state index contributed by atoms with van der Waals surface area (Å²) >= 11 is 0. The van der Waals surface area contributed by atoms with Gasteiger partial charge in [0.2, 0.25) is 0 Å². The topological polar surface area (TPSA) is 43.1 Å². The van der Waals surface area contributed by atoms with Crippen LogP contribution >= 0.6 is 0 Å². The molecule has 2 rings (SSSR count). The highest BCUT2D eigenvalue weighted by atomic mass is 19.4. The van der Waals surface area contributed by atoms with Crippen LogP contribution in [0.25, 0.3) is 0 Å². The van der Waals surface area contributed by atoms with E-state index in [1.54, 1.807) is 0 Å². The molecule has 0 aliphatic heterocycles. The summed E-state index contributed by atoms with van der Waals surface area (Å²) in [5, 5.41) is 0. The number of Topliss-reactive ketones (excluding diaryl/α,β-unsaturated/α-hetero) is 1. The van der Waals surface area contributed by atoms with E-state index in [4.69, 9.17) is 5.73 Å². The molecule has 0 fully saturated rings. The number of benzene rings is 2. The second-order valence-electron chi connectivity index (χ2n) is 4.53. The number of nitrogen functional groups attached to an aromatic ring is 1. The number of rotatable bonds is 3. The molecule has 6 heteroatoms. The number of hydrogen-bond donors (Lipinski definition) is 1. The van der Waals surface area contributed by atoms with Crippen LogP contribution in [0.15, 0.2) is 42.5 Å². The van der Waals surface area contributed by atoms with Crippen LogP contribution in [0.2, 0.25) is 0 Å². The molecule has 2 nitrogen and oxygen atoms in total. The van der Waals surface area contributed by atoms with E-state index < -0.39 is 23.3 Å². The fraction of sp³-hybridized carbons (Fsp3) is 0.133. The first-order valence-electron chi connectivity index (χ1n) is 6.02. The van der Waals surface area contributed by atoms with Gasteiger partial charge < -0.3 is 5.73 Å². The van der Waals surface area contributed by atoms with Crippen LogP contribution in [-0.2, 0) is 12.6 Å². The van der Waals surface area contributed by atoms with E-state index in [1.807, 2.05) is 0 Å². The Morgan fingerprint density at radius 2 is 1.81 bits per heavy atom. The maximum Gasteiger partial charge on any atom is 0.416 e. The van der Waals surface area contributed by atoms with Crippen molar-refractivity contribution in [2.24, 2.45) is 0 Å². The van der Waals surface area contributed by atoms with Crippen LogP contribution in [0, 0.1) is 5.82 Å². The Morgan fingerprint density at radius 3 is 2.43 bits per heavy atom. The number of carbonyl (C=O) groups excluding carboxylic acids is 1. The number of halogens is 4. The molecular weight excluding hydrogens is 286 g/mol. The molecule has 0 saturated carbocycles. The average Bonchev–Trinajstić information content (AvgIpc) is 2.41. The molecule has 0 atom stereocenters. The van der Waals surface area contributed by atoms with Gasteiger partial charge in [-0.3, -0.25) is 4.79 Å². The molecular formula is C15H11F4NO. The lowest BCUT2D eigenvalue weighted by atomic mass is 10.0. The molecule has 110 valence electrons. The summed E-state index contributed by atoms with van der Waals surface area (Å²) in [7, 11) is 0. The summed E-state index contributed by atoms with van der Waals surface area (Å²) < 4.78 is 51.0. The maximum atomic E-state index is 13.3. The predicted molar refractivity (Wildman–Crippen MR) is 70.3 cm³/mol. The Morgan fingerprint density at radius 1 is 1.10 bits per heavy atom. The Kier molecular flexibility index (Phi) is 3.97. The van der Waals surface area contributed by atoms with E-state index in [9.17, 15) is 22.4 Å². The van der Waals surface area contributed by atoms with Gasteiger partial charge in [0.05, 0.1) is 11.3 Å². The molecule has 2 N–H and O–H groups in total. The Bertz CT molecular complexity index is 680. The van der Waals surface area contributed by atoms with E-state index in [0.29, 0.717) is 0 Å². The van der Waals surface area contributed by atoms with Crippen molar-refractivity contribution in [3.63, 3.8) is 0 Å². The SMILES string of the molecule is Nc1ccc(C(=O)Cc2cccc(C(F)(F)F)c2)cc1F. The molecule has 0 heterocycles. The van der Waals surface area contributed by atoms with Gasteiger partial charge in [-0.05, 0) is 29.8 Å². The number of anilines is 1. The maximum absolute atomic E-state index is 13.3. The molecule has 0 spiro atoms. The summed E-state index contributed by atoms with van der Waals surface area (Å²) in [5.41, 5.74) is 4.67. The Hall–Kier alpha value is -2.37. The molecule has 0 bridgehead atoms. The highest BCUT2D eigenvalue weighted by molar-refractivity contribution is 5.97. The first-order valence-corrected chi connectivity index (χ1v) is 6.02. The molecule has 0 radical (unpaired) electrons. The van der Waals surface area contributed by atoms with Crippen LogP contribution < -0.4 is 5.73 Å². The largest absolute Gasteiger partial charge is 0.416 e. The standard InChI is InChI=1S/C15H11F4NO/c16-12-8-10(4-5-13(12)20)14(21)7-9-2-1-3-11(6-9)15(17,18)19/h1-6,8H,7,20H2. The third-order valence-corrected chi connectivity index (χ3v) is 2.94. The predicted octanol–water partition coefficient (Wildman–Crippen LogP) is 3.85. The van der Waals surface area contributed by atoms with Crippen LogP contribution in [0.5, 0.6) is 0 Å². The van der Waals surface area contributed by atoms with Crippen LogP contribution in [0.1, 0.15) is 21.5 Å². The number of carbonyl (C=O) groups is 1. The third kappa shape index (κ3) is 3.59. The molecule has 0 saturated heterocycles. The molecule has 0 unspecified atom stereocenters. The Labute approximate surface area is 118 Å². The first kappa shape index (κ1) is 15.0. The van der Waals surface area contributed by atoms with Gasteiger partial charge in [-0.2, -0.15) is 13.2 Å². The number of hydrogen-bond acceptors (Lipinski definition) is 2. The molecule has 2 aromatic carbocycles. The van der Waals surface area contributed by atoms with Crippen LogP contribution in [-0.4, -0.2) is 5.78 Å². The lowest BCUT2D eigenvalue weighted by Crippen LogP contribution is -2.08. The molecule has 21 heavy (non-hydrogen) atoms. The molecule has 0 aliphatic carbocycles. The normalized spacial score (nSPS) is 11.4. The fourth-order valence-electron chi connectivity index (χ4n) is 1.85. The zero-order valence-electron chi connectivity index (χ0n) is 10.7. The number of ketones is 1. The lowest BCUT2D eigenvalue weighted by molar-refractivity contribution is -0.137. The van der Waals surface area contributed by atoms with Crippen molar-refractivity contribution in [2.75, 3.05) is 5.73 Å². The lowest BCUT2D eigenvalue weighted by Gasteiger charge is -2.08. The summed E-state index contributed by atoms with van der Waals surface area (Å²) in [6.45, 7) is 0. The summed E-state index contributed by atoms with van der Waals surface area (Å²) in [6.07, 6.45) is -4.71. The quantitative estimate of drug-likeness (QED) is 0.531. The summed E-state index contributed by atoms with van der Waals surface area (Å²) in [5.74, 6) is -1.21. The van der Waals surface area contributed by atoms with Crippen molar-refractivity contribution < 1.29 is 22.4 Å². The van der Waals surface area contributed by atoms with E-state index in [-0.39, 0.29) is 23.2 Å². The van der Waals surface area contributed by atoms with Crippen molar-refractivity contribution in [2.45, 2.75) is 12.6 Å². The highest BCUT2D eigenvalue weighted by Gasteiger charge is 2.30. The summed E-state index contributed by atoms with van der Waals surface area (Å²) in [6, 6.07) is 8.05. The van der Waals surface area contributed by atoms with Crippen molar-refractivity contribution in [1.82, 2.24) is 0 Å². The second-order valence-corrected chi connectivity index (χ2v) is 4.53. The summed E-state index contributed by atoms with van der Waals surface area (Å²) in [4.78, 5) is 11.9. The zero-order chi connectivity index (χ0) is 15.6. The monoisotopic (exact) mass is 297 g/mol. The molecule has 0 aromatic heterocycles. The van der Waals surface area contributed by atoms with Gasteiger partial charge in [0.25, 0.3) is 0 Å². The minimum atomic E-state index is -4.47. The Balaban J connectivity index is 2.21. The van der Waals surface area contributed by atoms with Crippen molar-refractivity contribution in [3.8, 4) is 0 Å². The second kappa shape index (κ2) is 5.55. The molecule has 0 aliphatic rings. The first-order chi connectivity index (χ1) is 9.77. The molecule has 0 amide bonds. The van der Waals surface area contributed by atoms with Gasteiger partial charge >= 0.3 is 6.18 Å². The zero-order valence-corrected chi connectivity index (χ0v) is 10.7. The minimum Gasteiger partial charge on any atom is -0.396 e. The smallest absolute Gasteiger partial charge is 0.396 e. The number of alkyl halides is 3. The van der Waals surface area contributed by atoms with Crippen molar-refractivity contribution in [1.29, 1.82) is 0 Å². The van der Waals surface area contributed by atoms with Crippen molar-refractivity contribution in [3.05, 3.63) is 65.0 Å². The average molecular weight is 297 g/mol. The fourth-order valence-corrected chi connectivity index (χ4v) is 1.85. The van der Waals surface area contributed by atoms with Crippen molar-refractivity contribution >= 4 is 11.5 Å². The third-order valence-electron chi connectivity index (χ3n) is 2.94. The van der Waals surface area contributed by atoms with Crippen LogP contribution in [0.4, 0.5) is 23.2 Å². The highest BCUT2D eigenvalue weighted by Crippen LogP contribution is 2.29. The van der Waals surface area contributed by atoms with E-state index in [1.165, 1.54) is 24.3 Å². The minimum absolute atomic E-state index is 0.0686. The van der Waals surface area contributed by atoms with Crippen LogP contribution in [0.3, 0.4) is 0 Å². The van der Waals surface area contributed by atoms with Gasteiger partial charge in [0, 0.05) is 12.0 Å². The van der Waals surface area contributed by atoms with E-state index >= 15 is 0 Å². The van der Waals surface area contributed by atoms with Gasteiger partial charge in [-0.25, -0.2) is 4.39 Å². The van der Waals surface area contributed by atoms with E-state index in [0.717, 1.165) is 18.2 Å². The molecule has 2 aromatic rings. The number of nitrogens with two attached hydrogens (primary N) is 1. The van der Waals surface area contributed by atoms with Gasteiger partial charge in [-0.1, -0.05) is 18.2 Å². The van der Waals surface area contributed by atoms with Gasteiger partial charge in [0.15, 0.2) is 5.78 Å². The van der Waals surface area contributed by atoms with Gasteiger partial charge in [-0.15, -0.1) is 0 Å². The van der Waals surface area contributed by atoms with Gasteiger partial charge in [0.1, 0.15) is 5.82 Å². The van der Waals surface area contributed by atoms with E-state index in [2.05, 4.69) is 0 Å².